The molecule has 6 heteroatoms. The maximum atomic E-state index is 11.9. The van der Waals surface area contributed by atoms with Gasteiger partial charge in [0, 0.05) is 5.54 Å². The van der Waals surface area contributed by atoms with Crippen molar-refractivity contribution in [1.29, 1.82) is 0 Å². The zero-order chi connectivity index (χ0) is 14.1. The summed E-state index contributed by atoms with van der Waals surface area (Å²) in [5, 5.41) is 20.6. The number of carbonyl (C=O) groups excluding carboxylic acids is 1. The molecule has 100 valence electrons. The van der Waals surface area contributed by atoms with Crippen LogP contribution in [0.15, 0.2) is 0 Å². The molecule has 0 radical (unpaired) electrons. The Balaban J connectivity index is 4.64. The van der Waals surface area contributed by atoms with Gasteiger partial charge in [0.2, 0.25) is 5.91 Å². The van der Waals surface area contributed by atoms with Gasteiger partial charge in [-0.3, -0.25) is 4.79 Å². The smallest absolute Gasteiger partial charge is 0.337 e. The standard InChI is InChI=1S/C11H22N2O4/c1-9(2,10(3,4)12)7(14)13-6-11(5,17)8(15)16/h17H,6,12H2,1-5H3,(H,13,14)(H,15,16). The largest absolute Gasteiger partial charge is 0.479 e. The van der Waals surface area contributed by atoms with Crippen LogP contribution in [0.3, 0.4) is 0 Å². The molecule has 0 aliphatic heterocycles. The van der Waals surface area contributed by atoms with Crippen LogP contribution in [0.2, 0.25) is 0 Å². The highest BCUT2D eigenvalue weighted by Gasteiger charge is 2.41. The van der Waals surface area contributed by atoms with Crippen LogP contribution < -0.4 is 11.1 Å². The molecule has 0 aromatic heterocycles. The van der Waals surface area contributed by atoms with Gasteiger partial charge < -0.3 is 21.3 Å². The average Bonchev–Trinajstić information content (AvgIpc) is 2.12. The van der Waals surface area contributed by atoms with Crippen LogP contribution in [-0.4, -0.2) is 39.8 Å². The number of nitrogens with one attached hydrogen (secondary N) is 1. The summed E-state index contributed by atoms with van der Waals surface area (Å²) in [5.74, 6) is -1.78. The molecule has 0 rings (SSSR count). The van der Waals surface area contributed by atoms with Gasteiger partial charge in [0.05, 0.1) is 12.0 Å². The van der Waals surface area contributed by atoms with E-state index in [-0.39, 0.29) is 6.54 Å². The van der Waals surface area contributed by atoms with E-state index in [2.05, 4.69) is 5.32 Å². The molecule has 0 spiro atoms. The first-order valence-electron chi connectivity index (χ1n) is 5.35. The second-order valence-electron chi connectivity index (χ2n) is 5.61. The maximum absolute atomic E-state index is 11.9. The lowest BCUT2D eigenvalue weighted by molar-refractivity contribution is -0.156. The fourth-order valence-electron chi connectivity index (χ4n) is 0.842. The summed E-state index contributed by atoms with van der Waals surface area (Å²) in [5.41, 5.74) is 2.26. The van der Waals surface area contributed by atoms with E-state index >= 15 is 0 Å². The normalized spacial score (nSPS) is 16.2. The molecule has 0 aromatic carbocycles. The van der Waals surface area contributed by atoms with Gasteiger partial charge in [-0.15, -0.1) is 0 Å². The van der Waals surface area contributed by atoms with Crippen LogP contribution in [-0.2, 0) is 9.59 Å². The molecule has 1 unspecified atom stereocenters. The first-order valence-corrected chi connectivity index (χ1v) is 5.35. The molecule has 0 fully saturated rings. The van der Waals surface area contributed by atoms with E-state index in [0.717, 1.165) is 6.92 Å². The van der Waals surface area contributed by atoms with Crippen molar-refractivity contribution in [3.8, 4) is 0 Å². The topological polar surface area (TPSA) is 113 Å². The zero-order valence-corrected chi connectivity index (χ0v) is 11.0. The van der Waals surface area contributed by atoms with E-state index < -0.39 is 28.4 Å². The molecule has 5 N–H and O–H groups in total. The van der Waals surface area contributed by atoms with Crippen molar-refractivity contribution >= 4 is 11.9 Å². The van der Waals surface area contributed by atoms with Crippen molar-refractivity contribution in [2.24, 2.45) is 11.1 Å². The van der Waals surface area contributed by atoms with E-state index in [1.54, 1.807) is 27.7 Å². The molecule has 17 heavy (non-hydrogen) atoms. The van der Waals surface area contributed by atoms with Crippen LogP contribution in [0, 0.1) is 5.41 Å². The first kappa shape index (κ1) is 15.9. The number of hydrogen-bond acceptors (Lipinski definition) is 4. The molecule has 0 heterocycles. The summed E-state index contributed by atoms with van der Waals surface area (Å²) in [4.78, 5) is 22.5. The quantitative estimate of drug-likeness (QED) is 0.532. The number of aliphatic carboxylic acids is 1. The lowest BCUT2D eigenvalue weighted by atomic mass is 9.74. The minimum absolute atomic E-state index is 0.360. The first-order chi connectivity index (χ1) is 7.32. The van der Waals surface area contributed by atoms with Gasteiger partial charge in [0.15, 0.2) is 5.60 Å². The van der Waals surface area contributed by atoms with Crippen LogP contribution in [0.25, 0.3) is 0 Å². The Labute approximate surface area is 101 Å². The van der Waals surface area contributed by atoms with Crippen molar-refractivity contribution in [3.05, 3.63) is 0 Å². The fourth-order valence-corrected chi connectivity index (χ4v) is 0.842. The highest BCUT2D eigenvalue weighted by Crippen LogP contribution is 2.28. The number of aliphatic hydroxyl groups is 1. The van der Waals surface area contributed by atoms with Gasteiger partial charge in [0.1, 0.15) is 0 Å². The summed E-state index contributed by atoms with van der Waals surface area (Å²) in [6.45, 7) is 7.51. The van der Waals surface area contributed by atoms with Crippen LogP contribution in [0.4, 0.5) is 0 Å². The number of rotatable bonds is 5. The lowest BCUT2D eigenvalue weighted by Gasteiger charge is -2.37. The predicted octanol–water partition coefficient (Wildman–Crippen LogP) is -0.298. The van der Waals surface area contributed by atoms with Crippen molar-refractivity contribution in [2.45, 2.75) is 45.8 Å². The number of carboxylic acids is 1. The van der Waals surface area contributed by atoms with Gasteiger partial charge >= 0.3 is 5.97 Å². The predicted molar refractivity (Wildman–Crippen MR) is 63.3 cm³/mol. The van der Waals surface area contributed by atoms with Crippen molar-refractivity contribution in [2.75, 3.05) is 6.54 Å². The monoisotopic (exact) mass is 246 g/mol. The van der Waals surface area contributed by atoms with Gasteiger partial charge in [-0.1, -0.05) is 0 Å². The summed E-state index contributed by atoms with van der Waals surface area (Å²) in [7, 11) is 0. The second kappa shape index (κ2) is 4.62. The van der Waals surface area contributed by atoms with E-state index in [1.807, 2.05) is 0 Å². The Morgan fingerprint density at radius 1 is 1.18 bits per heavy atom. The van der Waals surface area contributed by atoms with Crippen LogP contribution in [0.5, 0.6) is 0 Å². The number of carboxylic acid groups (broad SMARTS) is 1. The van der Waals surface area contributed by atoms with Crippen molar-refractivity contribution in [1.82, 2.24) is 5.32 Å². The van der Waals surface area contributed by atoms with E-state index in [1.165, 1.54) is 0 Å². The lowest BCUT2D eigenvalue weighted by Crippen LogP contribution is -2.58. The molecule has 0 aromatic rings. The third-order valence-corrected chi connectivity index (χ3v) is 3.23. The maximum Gasteiger partial charge on any atom is 0.337 e. The number of amides is 1. The number of nitrogens with two attached hydrogens (primary N) is 1. The Morgan fingerprint density at radius 3 is 1.88 bits per heavy atom. The molecule has 1 amide bonds. The molecule has 0 saturated carbocycles. The second-order valence-corrected chi connectivity index (χ2v) is 5.61. The summed E-state index contributed by atoms with van der Waals surface area (Å²) in [6, 6.07) is 0. The van der Waals surface area contributed by atoms with Gasteiger partial charge in [-0.2, -0.15) is 0 Å². The SMILES string of the molecule is CC(O)(CNC(=O)C(C)(C)C(C)(C)N)C(=O)O. The molecular formula is C11H22N2O4. The summed E-state index contributed by atoms with van der Waals surface area (Å²) >= 11 is 0. The highest BCUT2D eigenvalue weighted by molar-refractivity contribution is 5.84. The third-order valence-electron chi connectivity index (χ3n) is 3.23. The Hall–Kier alpha value is -1.14. The number of carbonyl (C=O) groups is 2. The molecule has 1 atom stereocenters. The van der Waals surface area contributed by atoms with Gasteiger partial charge in [-0.25, -0.2) is 4.79 Å². The van der Waals surface area contributed by atoms with E-state index in [0.29, 0.717) is 0 Å². The zero-order valence-electron chi connectivity index (χ0n) is 11.0. The highest BCUT2D eigenvalue weighted by atomic mass is 16.4. The van der Waals surface area contributed by atoms with Gasteiger partial charge in [-0.05, 0) is 34.6 Å². The molecule has 0 aliphatic rings. The van der Waals surface area contributed by atoms with Crippen molar-refractivity contribution < 1.29 is 19.8 Å². The molecule has 0 aliphatic carbocycles. The molecule has 0 saturated heterocycles. The Bertz CT molecular complexity index is 316. The molecule has 0 bridgehead atoms. The molecule has 6 nitrogen and oxygen atoms in total. The van der Waals surface area contributed by atoms with Crippen LogP contribution in [0.1, 0.15) is 34.6 Å². The molecular weight excluding hydrogens is 224 g/mol. The van der Waals surface area contributed by atoms with E-state index in [9.17, 15) is 14.7 Å². The average molecular weight is 246 g/mol. The fraction of sp³-hybridized carbons (Fsp3) is 0.818. The van der Waals surface area contributed by atoms with Crippen molar-refractivity contribution in [3.63, 3.8) is 0 Å². The Kier molecular flexibility index (Phi) is 4.31. The minimum Gasteiger partial charge on any atom is -0.479 e. The minimum atomic E-state index is -1.98. The van der Waals surface area contributed by atoms with E-state index in [4.69, 9.17) is 10.8 Å². The summed E-state index contributed by atoms with van der Waals surface area (Å²) < 4.78 is 0. The third kappa shape index (κ3) is 3.67. The Morgan fingerprint density at radius 2 is 1.59 bits per heavy atom. The van der Waals surface area contributed by atoms with Crippen LogP contribution >= 0.6 is 0 Å². The number of hydrogen-bond donors (Lipinski definition) is 4. The van der Waals surface area contributed by atoms with Gasteiger partial charge in [0.25, 0.3) is 0 Å². The summed E-state index contributed by atoms with van der Waals surface area (Å²) in [6.07, 6.45) is 0.